The molecule has 0 N–H and O–H groups in total. The van der Waals surface area contributed by atoms with Gasteiger partial charge in [0.15, 0.2) is 0 Å². The van der Waals surface area contributed by atoms with Gasteiger partial charge >= 0.3 is 5.97 Å². The predicted octanol–water partition coefficient (Wildman–Crippen LogP) is 0.565. The molecule has 0 bridgehead atoms. The molecule has 4 heteroatoms. The first-order valence-corrected chi connectivity index (χ1v) is 5.03. The van der Waals surface area contributed by atoms with E-state index in [1.54, 1.807) is 12.2 Å². The first kappa shape index (κ1) is 12.3. The molecule has 0 unspecified atom stereocenters. The molecule has 0 spiro atoms. The molecule has 4 nitrogen and oxygen atoms in total. The quantitative estimate of drug-likeness (QED) is 0.302. The smallest absolute Gasteiger partial charge is 0.346 e. The van der Waals surface area contributed by atoms with Crippen molar-refractivity contribution in [3.63, 3.8) is 0 Å². The van der Waals surface area contributed by atoms with E-state index in [2.05, 4.69) is 15.6 Å². The third-order valence-electron chi connectivity index (χ3n) is 2.17. The fraction of sp³-hybridized carbons (Fsp3) is 0.417. The molecule has 1 heterocycles. The van der Waals surface area contributed by atoms with Crippen LogP contribution < -0.4 is 0 Å². The second-order valence-electron chi connectivity index (χ2n) is 3.21. The van der Waals surface area contributed by atoms with Gasteiger partial charge in [0.05, 0.1) is 20.3 Å². The van der Waals surface area contributed by atoms with Gasteiger partial charge in [0.25, 0.3) is 0 Å². The zero-order valence-corrected chi connectivity index (χ0v) is 9.31. The summed E-state index contributed by atoms with van der Waals surface area (Å²) in [6.07, 6.45) is 10.4. The summed E-state index contributed by atoms with van der Waals surface area (Å²) in [5, 5.41) is 0. The zero-order chi connectivity index (χ0) is 11.8. The van der Waals surface area contributed by atoms with Crippen molar-refractivity contribution in [3.8, 4) is 12.3 Å². The Balaban J connectivity index is 2.52. The zero-order valence-electron chi connectivity index (χ0n) is 9.31. The Morgan fingerprint density at radius 2 is 2.19 bits per heavy atom. The largest absolute Gasteiger partial charge is 0.465 e. The van der Waals surface area contributed by atoms with Gasteiger partial charge < -0.3 is 14.4 Å². The molecule has 0 saturated carbocycles. The third-order valence-corrected chi connectivity index (χ3v) is 2.17. The number of terminal acetylenes is 1. The van der Waals surface area contributed by atoms with E-state index in [4.69, 9.17) is 11.2 Å². The minimum Gasteiger partial charge on any atom is -0.465 e. The summed E-state index contributed by atoms with van der Waals surface area (Å²) in [7, 11) is 1.30. The number of rotatable bonds is 3. The van der Waals surface area contributed by atoms with E-state index in [1.165, 1.54) is 7.11 Å². The summed E-state index contributed by atoms with van der Waals surface area (Å²) >= 11 is 0. The fourth-order valence-electron chi connectivity index (χ4n) is 1.27. The predicted molar refractivity (Wildman–Crippen MR) is 60.5 cm³/mol. The van der Waals surface area contributed by atoms with Crippen LogP contribution >= 0.6 is 0 Å². The van der Waals surface area contributed by atoms with E-state index >= 15 is 0 Å². The standard InChI is InChI=1S/C12H15NO3/c1-3-11(12(14)15-2)5-4-6-13-7-9-16-10-8-13/h1,4-6H,7-10H2,2H3/b6-4+,11-5-. The summed E-state index contributed by atoms with van der Waals surface area (Å²) in [5.41, 5.74) is 0.215. The van der Waals surface area contributed by atoms with Crippen LogP contribution in [0, 0.1) is 12.3 Å². The SMILES string of the molecule is C#C/C(=C/C=C/N1CCOCC1)C(=O)OC. The van der Waals surface area contributed by atoms with E-state index in [0.717, 1.165) is 26.3 Å². The van der Waals surface area contributed by atoms with Crippen molar-refractivity contribution in [1.29, 1.82) is 0 Å². The maximum Gasteiger partial charge on any atom is 0.346 e. The molecule has 0 aromatic rings. The van der Waals surface area contributed by atoms with Crippen molar-refractivity contribution < 1.29 is 14.3 Å². The molecular formula is C12H15NO3. The second kappa shape index (κ2) is 6.70. The molecule has 1 rings (SSSR count). The molecule has 16 heavy (non-hydrogen) atoms. The van der Waals surface area contributed by atoms with Gasteiger partial charge in [-0.25, -0.2) is 4.79 Å². The lowest BCUT2D eigenvalue weighted by atomic mass is 10.2. The van der Waals surface area contributed by atoms with Crippen LogP contribution in [0.2, 0.25) is 0 Å². The summed E-state index contributed by atoms with van der Waals surface area (Å²) in [6.45, 7) is 3.17. The number of morpholine rings is 1. The highest BCUT2D eigenvalue weighted by molar-refractivity contribution is 5.93. The lowest BCUT2D eigenvalue weighted by molar-refractivity contribution is -0.135. The number of hydrogen-bond donors (Lipinski definition) is 0. The molecule has 1 aliphatic rings. The molecule has 0 atom stereocenters. The topological polar surface area (TPSA) is 38.8 Å². The van der Waals surface area contributed by atoms with E-state index in [9.17, 15) is 4.79 Å². The third kappa shape index (κ3) is 3.79. The van der Waals surface area contributed by atoms with Gasteiger partial charge in [-0.3, -0.25) is 0 Å². The molecule has 0 aliphatic carbocycles. The molecule has 0 aromatic heterocycles. The fourth-order valence-corrected chi connectivity index (χ4v) is 1.27. The van der Waals surface area contributed by atoms with Gasteiger partial charge in [-0.05, 0) is 18.4 Å². The highest BCUT2D eigenvalue weighted by Crippen LogP contribution is 2.00. The number of allylic oxidation sites excluding steroid dienone is 2. The Labute approximate surface area is 95.5 Å². The van der Waals surface area contributed by atoms with Gasteiger partial charge in [-0.15, -0.1) is 6.42 Å². The minimum atomic E-state index is -0.492. The van der Waals surface area contributed by atoms with E-state index in [1.807, 2.05) is 6.20 Å². The number of esters is 1. The molecule has 0 aromatic carbocycles. The average Bonchev–Trinajstić information content (AvgIpc) is 2.35. The molecule has 86 valence electrons. The van der Waals surface area contributed by atoms with E-state index < -0.39 is 5.97 Å². The number of carbonyl (C=O) groups is 1. The second-order valence-corrected chi connectivity index (χ2v) is 3.21. The number of carbonyl (C=O) groups excluding carboxylic acids is 1. The monoisotopic (exact) mass is 221 g/mol. The van der Waals surface area contributed by atoms with Crippen LogP contribution in [-0.2, 0) is 14.3 Å². The average molecular weight is 221 g/mol. The molecule has 1 aliphatic heterocycles. The van der Waals surface area contributed by atoms with Gasteiger partial charge in [0.2, 0.25) is 0 Å². The lowest BCUT2D eigenvalue weighted by Gasteiger charge is -2.24. The Kier molecular flexibility index (Phi) is 5.17. The minimum absolute atomic E-state index is 0.215. The summed E-state index contributed by atoms with van der Waals surface area (Å²) < 4.78 is 9.74. The molecular weight excluding hydrogens is 206 g/mol. The summed E-state index contributed by atoms with van der Waals surface area (Å²) in [5.74, 6) is 1.79. The van der Waals surface area contributed by atoms with E-state index in [-0.39, 0.29) is 5.57 Å². The highest BCUT2D eigenvalue weighted by atomic mass is 16.5. The van der Waals surface area contributed by atoms with E-state index in [0.29, 0.717) is 0 Å². The first-order chi connectivity index (χ1) is 7.77. The van der Waals surface area contributed by atoms with Crippen molar-refractivity contribution in [1.82, 2.24) is 4.90 Å². The van der Waals surface area contributed by atoms with Gasteiger partial charge in [0, 0.05) is 13.1 Å². The van der Waals surface area contributed by atoms with Crippen LogP contribution in [0.4, 0.5) is 0 Å². The number of ether oxygens (including phenoxy) is 2. The molecule has 0 radical (unpaired) electrons. The van der Waals surface area contributed by atoms with Crippen LogP contribution in [-0.4, -0.2) is 44.3 Å². The van der Waals surface area contributed by atoms with Crippen LogP contribution in [0.1, 0.15) is 0 Å². The van der Waals surface area contributed by atoms with Crippen molar-refractivity contribution in [2.75, 3.05) is 33.4 Å². The Morgan fingerprint density at radius 1 is 1.50 bits per heavy atom. The summed E-state index contributed by atoms with van der Waals surface area (Å²) in [6, 6.07) is 0. The van der Waals surface area contributed by atoms with Crippen LogP contribution in [0.25, 0.3) is 0 Å². The number of hydrogen-bond acceptors (Lipinski definition) is 4. The Morgan fingerprint density at radius 3 is 2.75 bits per heavy atom. The normalized spacial score (nSPS) is 17.2. The van der Waals surface area contributed by atoms with Crippen molar-refractivity contribution in [2.45, 2.75) is 0 Å². The van der Waals surface area contributed by atoms with Gasteiger partial charge in [-0.1, -0.05) is 5.92 Å². The van der Waals surface area contributed by atoms with Gasteiger partial charge in [-0.2, -0.15) is 0 Å². The molecule has 0 amide bonds. The van der Waals surface area contributed by atoms with Crippen molar-refractivity contribution in [3.05, 3.63) is 23.9 Å². The maximum atomic E-state index is 11.1. The van der Waals surface area contributed by atoms with Crippen molar-refractivity contribution >= 4 is 5.97 Å². The highest BCUT2D eigenvalue weighted by Gasteiger charge is 2.06. The Bertz CT molecular complexity index is 333. The lowest BCUT2D eigenvalue weighted by Crippen LogP contribution is -2.31. The maximum absolute atomic E-state index is 11.1. The Hall–Kier alpha value is -1.73. The number of methoxy groups -OCH3 is 1. The first-order valence-electron chi connectivity index (χ1n) is 5.03. The van der Waals surface area contributed by atoms with Gasteiger partial charge in [0.1, 0.15) is 5.57 Å². The van der Waals surface area contributed by atoms with Crippen LogP contribution in [0.5, 0.6) is 0 Å². The molecule has 1 saturated heterocycles. The van der Waals surface area contributed by atoms with Crippen molar-refractivity contribution in [2.24, 2.45) is 0 Å². The number of nitrogens with zero attached hydrogens (tertiary/aromatic N) is 1. The molecule has 1 fully saturated rings. The van der Waals surface area contributed by atoms with Crippen LogP contribution in [0.3, 0.4) is 0 Å². The van der Waals surface area contributed by atoms with Crippen LogP contribution in [0.15, 0.2) is 23.9 Å². The summed E-state index contributed by atoms with van der Waals surface area (Å²) in [4.78, 5) is 13.2.